The summed E-state index contributed by atoms with van der Waals surface area (Å²) in [5, 5.41) is 20.3. The maximum atomic E-state index is 8.98. The molecule has 0 fully saturated rings. The van der Waals surface area contributed by atoms with Gasteiger partial charge in [0, 0.05) is 17.9 Å². The first-order valence-corrected chi connectivity index (χ1v) is 7.59. The van der Waals surface area contributed by atoms with E-state index < -0.39 is 0 Å². The lowest BCUT2D eigenvalue weighted by molar-refractivity contribution is 0.887. The van der Waals surface area contributed by atoms with Crippen LogP contribution in [-0.2, 0) is 0 Å². The molecule has 0 amide bonds. The second-order valence-corrected chi connectivity index (χ2v) is 5.04. The molecule has 0 aliphatic heterocycles. The molecule has 1 heterocycles. The summed E-state index contributed by atoms with van der Waals surface area (Å²) in [5.41, 5.74) is 2.37. The largest absolute Gasteiger partial charge is 0.339 e. The summed E-state index contributed by atoms with van der Waals surface area (Å²) in [5.74, 6) is 1.09. The van der Waals surface area contributed by atoms with E-state index in [-0.39, 0.29) is 0 Å². The number of nitriles is 1. The van der Waals surface area contributed by atoms with Crippen LogP contribution in [0.25, 0.3) is 0 Å². The van der Waals surface area contributed by atoms with E-state index in [9.17, 15) is 0 Å². The van der Waals surface area contributed by atoms with Crippen LogP contribution in [0.15, 0.2) is 60.8 Å². The summed E-state index contributed by atoms with van der Waals surface area (Å²) in [6, 6.07) is 19.2. The second-order valence-electron chi connectivity index (χ2n) is 5.04. The monoisotopic (exact) mass is 316 g/mol. The highest BCUT2D eigenvalue weighted by Gasteiger charge is 2.11. The zero-order chi connectivity index (χ0) is 16.8. The summed E-state index contributed by atoms with van der Waals surface area (Å²) >= 11 is 0. The molecule has 0 unspecified atom stereocenters. The van der Waals surface area contributed by atoms with Crippen molar-refractivity contribution in [1.29, 1.82) is 5.26 Å². The number of para-hydroxylation sites is 1. The van der Waals surface area contributed by atoms with E-state index in [1.807, 2.05) is 54.3 Å². The zero-order valence-electron chi connectivity index (χ0n) is 13.2. The highest BCUT2D eigenvalue weighted by atomic mass is 15.3. The topological polar surface area (TPSA) is 77.7 Å². The molecule has 0 saturated heterocycles. The fourth-order valence-corrected chi connectivity index (χ4v) is 2.33. The van der Waals surface area contributed by atoms with Crippen LogP contribution in [0.1, 0.15) is 12.5 Å². The van der Waals surface area contributed by atoms with Crippen molar-refractivity contribution in [3.8, 4) is 6.07 Å². The Balaban J connectivity index is 1.87. The van der Waals surface area contributed by atoms with Gasteiger partial charge in [0.15, 0.2) is 5.82 Å². The molecule has 0 aliphatic carbocycles. The van der Waals surface area contributed by atoms with Crippen LogP contribution in [0, 0.1) is 11.3 Å². The van der Waals surface area contributed by atoms with Crippen LogP contribution in [0.2, 0.25) is 0 Å². The number of hydrogen-bond acceptors (Lipinski definition) is 6. The molecule has 118 valence electrons. The normalized spacial score (nSPS) is 10.0. The van der Waals surface area contributed by atoms with Gasteiger partial charge in [0.25, 0.3) is 5.95 Å². The number of benzene rings is 2. The quantitative estimate of drug-likeness (QED) is 0.774. The number of rotatable bonds is 5. The predicted octanol–water partition coefficient (Wildman–Crippen LogP) is 3.64. The molecule has 6 nitrogen and oxygen atoms in total. The summed E-state index contributed by atoms with van der Waals surface area (Å²) in [6.45, 7) is 2.76. The summed E-state index contributed by atoms with van der Waals surface area (Å²) in [4.78, 5) is 6.51. The van der Waals surface area contributed by atoms with Crippen LogP contribution in [0.4, 0.5) is 23.1 Å². The molecule has 3 aromatic rings. The van der Waals surface area contributed by atoms with E-state index in [1.54, 1.807) is 18.3 Å². The highest BCUT2D eigenvalue weighted by molar-refractivity contribution is 5.61. The molecule has 0 atom stereocenters. The van der Waals surface area contributed by atoms with Crippen LogP contribution in [-0.4, -0.2) is 21.7 Å². The molecule has 0 aliphatic rings. The molecule has 6 heteroatoms. The van der Waals surface area contributed by atoms with Gasteiger partial charge in [0.2, 0.25) is 0 Å². The molecule has 1 aromatic heterocycles. The van der Waals surface area contributed by atoms with Gasteiger partial charge in [-0.05, 0) is 37.3 Å². The molecular formula is C18H16N6. The Labute approximate surface area is 140 Å². The first-order valence-electron chi connectivity index (χ1n) is 7.59. The average Bonchev–Trinajstić information content (AvgIpc) is 2.64. The minimum atomic E-state index is 0.519. The first kappa shape index (κ1) is 15.4. The average molecular weight is 316 g/mol. The third kappa shape index (κ3) is 3.47. The number of aromatic nitrogens is 3. The third-order valence-electron chi connectivity index (χ3n) is 3.44. The van der Waals surface area contributed by atoms with E-state index in [0.717, 1.165) is 17.9 Å². The van der Waals surface area contributed by atoms with Gasteiger partial charge in [0.1, 0.15) is 0 Å². The van der Waals surface area contributed by atoms with Crippen molar-refractivity contribution in [2.24, 2.45) is 0 Å². The van der Waals surface area contributed by atoms with Crippen molar-refractivity contribution < 1.29 is 0 Å². The molecule has 0 saturated carbocycles. The first-order chi connectivity index (χ1) is 11.8. The minimum Gasteiger partial charge on any atom is -0.339 e. The van der Waals surface area contributed by atoms with Crippen molar-refractivity contribution >= 4 is 23.1 Å². The molecule has 0 bridgehead atoms. The minimum absolute atomic E-state index is 0.519. The number of hydrogen-bond donors (Lipinski definition) is 1. The Bertz CT molecular complexity index is 857. The zero-order valence-corrected chi connectivity index (χ0v) is 13.2. The Hall–Kier alpha value is -3.46. The van der Waals surface area contributed by atoms with Crippen LogP contribution in [0.3, 0.4) is 0 Å². The van der Waals surface area contributed by atoms with Crippen molar-refractivity contribution in [2.75, 3.05) is 16.8 Å². The van der Waals surface area contributed by atoms with Crippen molar-refractivity contribution in [3.63, 3.8) is 0 Å². The SMILES string of the molecule is CCN(c1ccccc1)c1nncc(Nc2cccc(C#N)c2)n1. The Morgan fingerprint density at radius 2 is 1.96 bits per heavy atom. The lowest BCUT2D eigenvalue weighted by Gasteiger charge is -2.20. The summed E-state index contributed by atoms with van der Waals surface area (Å²) in [7, 11) is 0. The highest BCUT2D eigenvalue weighted by Crippen LogP contribution is 2.22. The van der Waals surface area contributed by atoms with E-state index >= 15 is 0 Å². The number of nitrogens with one attached hydrogen (secondary N) is 1. The van der Waals surface area contributed by atoms with Crippen LogP contribution < -0.4 is 10.2 Å². The smallest absolute Gasteiger partial charge is 0.251 e. The van der Waals surface area contributed by atoms with Crippen LogP contribution >= 0.6 is 0 Å². The molecule has 3 rings (SSSR count). The van der Waals surface area contributed by atoms with Gasteiger partial charge in [-0.15, -0.1) is 5.10 Å². The Morgan fingerprint density at radius 3 is 2.71 bits per heavy atom. The van der Waals surface area contributed by atoms with Gasteiger partial charge < -0.3 is 10.2 Å². The van der Waals surface area contributed by atoms with Gasteiger partial charge in [0.05, 0.1) is 17.8 Å². The summed E-state index contributed by atoms with van der Waals surface area (Å²) in [6.07, 6.45) is 1.56. The van der Waals surface area contributed by atoms with Gasteiger partial charge in [-0.25, -0.2) is 0 Å². The number of nitrogens with zero attached hydrogens (tertiary/aromatic N) is 5. The standard InChI is InChI=1S/C18H16N6/c1-2-24(16-9-4-3-5-10-16)18-22-17(13-20-23-18)21-15-8-6-7-14(11-15)12-19/h3-11,13H,2H2,1H3,(H,21,22,23). The lowest BCUT2D eigenvalue weighted by atomic mass is 10.2. The maximum Gasteiger partial charge on any atom is 0.251 e. The van der Waals surface area contributed by atoms with Gasteiger partial charge in [-0.2, -0.15) is 15.3 Å². The number of anilines is 4. The Kier molecular flexibility index (Phi) is 4.63. The fraction of sp³-hybridized carbons (Fsp3) is 0.111. The van der Waals surface area contributed by atoms with E-state index in [2.05, 4.69) is 26.6 Å². The predicted molar refractivity (Wildman–Crippen MR) is 93.4 cm³/mol. The van der Waals surface area contributed by atoms with E-state index in [4.69, 9.17) is 5.26 Å². The van der Waals surface area contributed by atoms with Crippen molar-refractivity contribution in [2.45, 2.75) is 6.92 Å². The lowest BCUT2D eigenvalue weighted by Crippen LogP contribution is -2.19. The van der Waals surface area contributed by atoms with Gasteiger partial charge in [-0.1, -0.05) is 24.3 Å². The van der Waals surface area contributed by atoms with Crippen molar-refractivity contribution in [3.05, 3.63) is 66.4 Å². The van der Waals surface area contributed by atoms with Crippen molar-refractivity contribution in [1.82, 2.24) is 15.2 Å². The molecule has 0 radical (unpaired) electrons. The Morgan fingerprint density at radius 1 is 1.12 bits per heavy atom. The molecular weight excluding hydrogens is 300 g/mol. The van der Waals surface area contributed by atoms with E-state index in [1.165, 1.54) is 0 Å². The second kappa shape index (κ2) is 7.20. The van der Waals surface area contributed by atoms with Gasteiger partial charge in [-0.3, -0.25) is 0 Å². The van der Waals surface area contributed by atoms with Gasteiger partial charge >= 0.3 is 0 Å². The molecule has 0 spiro atoms. The molecule has 24 heavy (non-hydrogen) atoms. The van der Waals surface area contributed by atoms with Crippen LogP contribution in [0.5, 0.6) is 0 Å². The molecule has 1 N–H and O–H groups in total. The molecule has 2 aromatic carbocycles. The summed E-state index contributed by atoms with van der Waals surface area (Å²) < 4.78 is 0. The van der Waals surface area contributed by atoms with E-state index in [0.29, 0.717) is 17.3 Å². The maximum absolute atomic E-state index is 8.98. The fourth-order valence-electron chi connectivity index (χ4n) is 2.33. The third-order valence-corrected chi connectivity index (χ3v) is 3.44.